The summed E-state index contributed by atoms with van der Waals surface area (Å²) < 4.78 is 1.38. The van der Waals surface area contributed by atoms with E-state index >= 15 is 0 Å². The van der Waals surface area contributed by atoms with Crippen LogP contribution in [0.25, 0.3) is 21.7 Å². The standard InChI is InChI=1S/C27H35NS.2C2H6/c1-9-19(18(4)17(2)3)13-14-23(27(5,6)7)22-15-21-20-11-10-12-25(20)29-26(21)16-24(22)28-8;2*1-2/h9-10,12,14-16,28H,11,13H2,1-8H3;2*1-2H3/b19-9-,23-14+;;. The van der Waals surface area contributed by atoms with Gasteiger partial charge in [-0.1, -0.05) is 72.3 Å². The molecule has 1 aliphatic rings. The molecule has 1 aromatic carbocycles. The normalized spacial score (nSPS) is 13.1. The molecule has 0 amide bonds. The molecular weight excluding hydrogens is 418 g/mol. The van der Waals surface area contributed by atoms with Crippen LogP contribution >= 0.6 is 11.3 Å². The van der Waals surface area contributed by atoms with E-state index in [0.29, 0.717) is 0 Å². The minimum Gasteiger partial charge on any atom is -0.388 e. The Balaban J connectivity index is 0.00000129. The third-order valence-corrected chi connectivity index (χ3v) is 7.19. The molecule has 0 fully saturated rings. The average Bonchev–Trinajstić information content (AvgIpc) is 3.38. The maximum Gasteiger partial charge on any atom is 0.0428 e. The van der Waals surface area contributed by atoms with Crippen LogP contribution in [-0.4, -0.2) is 7.05 Å². The fourth-order valence-corrected chi connectivity index (χ4v) is 5.30. The molecule has 0 radical (unpaired) electrons. The zero-order chi connectivity index (χ0) is 25.3. The molecule has 1 nitrogen and oxygen atoms in total. The number of allylic oxidation sites excluding steroid dienone is 7. The summed E-state index contributed by atoms with van der Waals surface area (Å²) in [5.41, 5.74) is 9.75. The van der Waals surface area contributed by atoms with Gasteiger partial charge in [0.15, 0.2) is 0 Å². The monoisotopic (exact) mass is 465 g/mol. The highest BCUT2D eigenvalue weighted by molar-refractivity contribution is 7.20. The summed E-state index contributed by atoms with van der Waals surface area (Å²) in [5, 5.41) is 4.89. The Morgan fingerprint density at radius 2 is 1.70 bits per heavy atom. The van der Waals surface area contributed by atoms with Gasteiger partial charge >= 0.3 is 0 Å². The van der Waals surface area contributed by atoms with Crippen LogP contribution in [0.5, 0.6) is 0 Å². The van der Waals surface area contributed by atoms with Crippen molar-refractivity contribution in [1.29, 1.82) is 0 Å². The third-order valence-electron chi connectivity index (χ3n) is 6.03. The first kappa shape index (κ1) is 29.0. The highest BCUT2D eigenvalue weighted by atomic mass is 32.1. The Kier molecular flexibility index (Phi) is 11.4. The van der Waals surface area contributed by atoms with Gasteiger partial charge in [0, 0.05) is 27.9 Å². The molecule has 0 atom stereocenters. The number of thiophene rings is 1. The minimum atomic E-state index is 0.0639. The van der Waals surface area contributed by atoms with E-state index in [9.17, 15) is 0 Å². The number of rotatable bonds is 5. The lowest BCUT2D eigenvalue weighted by Crippen LogP contribution is -2.10. The summed E-state index contributed by atoms with van der Waals surface area (Å²) in [6.45, 7) is 23.8. The minimum absolute atomic E-state index is 0.0639. The van der Waals surface area contributed by atoms with Crippen LogP contribution in [0.2, 0.25) is 0 Å². The Hall–Kier alpha value is -2.06. The topological polar surface area (TPSA) is 12.0 Å². The van der Waals surface area contributed by atoms with E-state index < -0.39 is 0 Å². The lowest BCUT2D eigenvalue weighted by Gasteiger charge is -2.26. The quantitative estimate of drug-likeness (QED) is 0.433. The van der Waals surface area contributed by atoms with Crippen molar-refractivity contribution >= 4 is 38.8 Å². The molecule has 0 saturated carbocycles. The maximum atomic E-state index is 3.47. The first-order valence-electron chi connectivity index (χ1n) is 12.6. The molecule has 0 unspecified atom stereocenters. The van der Waals surface area contributed by atoms with Crippen molar-refractivity contribution < 1.29 is 0 Å². The first-order chi connectivity index (χ1) is 15.7. The zero-order valence-electron chi connectivity index (χ0n) is 23.3. The average molecular weight is 466 g/mol. The Morgan fingerprint density at radius 3 is 2.21 bits per heavy atom. The second kappa shape index (κ2) is 13.0. The van der Waals surface area contributed by atoms with Crippen molar-refractivity contribution in [1.82, 2.24) is 0 Å². The molecule has 1 aromatic heterocycles. The number of hydrogen-bond acceptors (Lipinski definition) is 2. The highest BCUT2D eigenvalue weighted by Crippen LogP contribution is 2.44. The molecule has 1 heterocycles. The number of anilines is 1. The SMILES string of the molecule is C/C=C(/C/C=C(\c1cc2c3c(sc2cc1NC)C=CC3)C(C)(C)C)C(C)=C(C)C.CC.CC. The maximum absolute atomic E-state index is 3.47. The van der Waals surface area contributed by atoms with Gasteiger partial charge in [0.1, 0.15) is 0 Å². The summed E-state index contributed by atoms with van der Waals surface area (Å²) in [5.74, 6) is 0. The van der Waals surface area contributed by atoms with Gasteiger partial charge in [-0.25, -0.2) is 0 Å². The van der Waals surface area contributed by atoms with Gasteiger partial charge in [-0.15, -0.1) is 11.3 Å². The molecule has 0 spiro atoms. The van der Waals surface area contributed by atoms with Crippen LogP contribution in [0.4, 0.5) is 5.69 Å². The van der Waals surface area contributed by atoms with Crippen LogP contribution < -0.4 is 5.32 Å². The van der Waals surface area contributed by atoms with Gasteiger partial charge < -0.3 is 5.32 Å². The summed E-state index contributed by atoms with van der Waals surface area (Å²) in [4.78, 5) is 1.43. The Morgan fingerprint density at radius 1 is 1.06 bits per heavy atom. The van der Waals surface area contributed by atoms with E-state index in [1.807, 2.05) is 46.1 Å². The molecule has 182 valence electrons. The molecule has 0 bridgehead atoms. The molecule has 0 aliphatic heterocycles. The van der Waals surface area contributed by atoms with Gasteiger partial charge in [0.25, 0.3) is 0 Å². The third kappa shape index (κ3) is 6.73. The van der Waals surface area contributed by atoms with E-state index in [1.54, 1.807) is 0 Å². The number of benzene rings is 1. The highest BCUT2D eigenvalue weighted by Gasteiger charge is 2.23. The molecule has 2 aromatic rings. The van der Waals surface area contributed by atoms with Crippen LogP contribution in [0.1, 0.15) is 98.6 Å². The predicted molar refractivity (Wildman–Crippen MR) is 157 cm³/mol. The van der Waals surface area contributed by atoms with E-state index in [4.69, 9.17) is 0 Å². The molecule has 2 heteroatoms. The summed E-state index contributed by atoms with van der Waals surface area (Å²) in [6, 6.07) is 4.78. The van der Waals surface area contributed by atoms with E-state index in [2.05, 4.69) is 90.2 Å². The molecule has 1 aliphatic carbocycles. The Bertz CT molecular complexity index is 1040. The fourth-order valence-electron chi connectivity index (χ4n) is 4.11. The van der Waals surface area contributed by atoms with Gasteiger partial charge in [0.2, 0.25) is 0 Å². The van der Waals surface area contributed by atoms with Crippen molar-refractivity contribution in [3.63, 3.8) is 0 Å². The molecule has 0 saturated heterocycles. The van der Waals surface area contributed by atoms with Crippen LogP contribution in [0, 0.1) is 5.41 Å². The molecule has 1 N–H and O–H groups in total. The van der Waals surface area contributed by atoms with Crippen LogP contribution in [0.15, 0.2) is 47.1 Å². The van der Waals surface area contributed by atoms with E-state index in [0.717, 1.165) is 12.8 Å². The van der Waals surface area contributed by atoms with Crippen molar-refractivity contribution in [3.05, 3.63) is 63.1 Å². The van der Waals surface area contributed by atoms with E-state index in [-0.39, 0.29) is 5.41 Å². The first-order valence-corrected chi connectivity index (χ1v) is 13.4. The fraction of sp³-hybridized carbons (Fsp3) is 0.484. The number of nitrogens with one attached hydrogen (secondary N) is 1. The number of hydrogen-bond donors (Lipinski definition) is 1. The van der Waals surface area contributed by atoms with Crippen molar-refractivity contribution in [3.8, 4) is 0 Å². The van der Waals surface area contributed by atoms with Crippen molar-refractivity contribution in [2.24, 2.45) is 5.41 Å². The zero-order valence-corrected chi connectivity index (χ0v) is 24.1. The molecule has 33 heavy (non-hydrogen) atoms. The van der Waals surface area contributed by atoms with Crippen LogP contribution in [-0.2, 0) is 6.42 Å². The molecular formula is C31H47NS. The smallest absolute Gasteiger partial charge is 0.0428 e. The van der Waals surface area contributed by atoms with Crippen LogP contribution in [0.3, 0.4) is 0 Å². The second-order valence-electron chi connectivity index (χ2n) is 9.21. The Labute approximate surface area is 208 Å². The summed E-state index contributed by atoms with van der Waals surface area (Å²) >= 11 is 1.91. The summed E-state index contributed by atoms with van der Waals surface area (Å²) in [7, 11) is 2.04. The van der Waals surface area contributed by atoms with Gasteiger partial charge in [-0.05, 0) is 91.8 Å². The lowest BCUT2D eigenvalue weighted by molar-refractivity contribution is 0.566. The van der Waals surface area contributed by atoms with Gasteiger partial charge in [0.05, 0.1) is 0 Å². The lowest BCUT2D eigenvalue weighted by atomic mass is 9.79. The van der Waals surface area contributed by atoms with Crippen molar-refractivity contribution in [2.45, 2.75) is 89.0 Å². The van der Waals surface area contributed by atoms with Gasteiger partial charge in [-0.3, -0.25) is 0 Å². The van der Waals surface area contributed by atoms with Crippen molar-refractivity contribution in [2.75, 3.05) is 12.4 Å². The largest absolute Gasteiger partial charge is 0.388 e. The summed E-state index contributed by atoms with van der Waals surface area (Å²) in [6.07, 6.45) is 11.3. The molecule has 3 rings (SSSR count). The van der Waals surface area contributed by atoms with Gasteiger partial charge in [-0.2, -0.15) is 0 Å². The number of fused-ring (bicyclic) bond motifs is 3. The van der Waals surface area contributed by atoms with E-state index in [1.165, 1.54) is 54.1 Å². The predicted octanol–water partition coefficient (Wildman–Crippen LogP) is 10.7. The second-order valence-corrected chi connectivity index (χ2v) is 10.3.